The Morgan fingerprint density at radius 3 is 3.11 bits per heavy atom. The number of hydrogen-bond acceptors (Lipinski definition) is 5. The monoisotopic (exact) mass is 278 g/mol. The summed E-state index contributed by atoms with van der Waals surface area (Å²) in [6.07, 6.45) is 4.41. The first-order valence-corrected chi connectivity index (χ1v) is 6.78. The van der Waals surface area contributed by atoms with Crippen LogP contribution in [0.15, 0.2) is 28.7 Å². The summed E-state index contributed by atoms with van der Waals surface area (Å²) >= 11 is 1.39. The number of rotatable bonds is 4. The zero-order chi connectivity index (χ0) is 13.8. The minimum atomic E-state index is -0.406. The van der Waals surface area contributed by atoms with Crippen molar-refractivity contribution in [1.29, 1.82) is 0 Å². The van der Waals surface area contributed by atoms with Crippen LogP contribution >= 0.6 is 11.3 Å². The molecule has 0 radical (unpaired) electrons. The Bertz CT molecular complexity index is 685. The summed E-state index contributed by atoms with van der Waals surface area (Å²) in [5, 5.41) is 1.91. The number of hydrogen-bond donors (Lipinski definition) is 0. The van der Waals surface area contributed by atoms with Crippen molar-refractivity contribution in [2.75, 3.05) is 6.61 Å². The molecule has 2 aromatic heterocycles. The van der Waals surface area contributed by atoms with Crippen molar-refractivity contribution in [2.45, 2.75) is 20.4 Å². The number of allylic oxidation sites excluding steroid dienone is 1. The molecule has 0 unspecified atom stereocenters. The topological polar surface area (TPSA) is 61.2 Å². The molecule has 2 heterocycles. The predicted octanol–water partition coefficient (Wildman–Crippen LogP) is 1.89. The minimum Gasteiger partial charge on any atom is -0.463 e. The Labute approximate surface area is 114 Å². The fourth-order valence-corrected chi connectivity index (χ4v) is 2.59. The van der Waals surface area contributed by atoms with Crippen LogP contribution in [0.1, 0.15) is 12.5 Å². The van der Waals surface area contributed by atoms with Gasteiger partial charge in [-0.25, -0.2) is 9.78 Å². The molecule has 0 N–H and O–H groups in total. The van der Waals surface area contributed by atoms with Crippen LogP contribution in [0, 0.1) is 6.92 Å². The highest BCUT2D eigenvalue weighted by Gasteiger charge is 2.07. The van der Waals surface area contributed by atoms with E-state index in [2.05, 4.69) is 4.98 Å². The number of nitrogens with zero attached hydrogens (tertiary/aromatic N) is 2. The van der Waals surface area contributed by atoms with Crippen molar-refractivity contribution in [2.24, 2.45) is 0 Å². The van der Waals surface area contributed by atoms with E-state index in [1.54, 1.807) is 13.0 Å². The van der Waals surface area contributed by atoms with Gasteiger partial charge in [-0.05, 0) is 24.8 Å². The molecular formula is C13H14N2O3S. The first-order valence-electron chi connectivity index (χ1n) is 5.90. The normalized spacial score (nSPS) is 11.3. The molecule has 6 heteroatoms. The largest absolute Gasteiger partial charge is 0.463 e. The number of carbonyl (C=O) groups excluding carboxylic acids is 1. The molecule has 0 aliphatic rings. The number of ether oxygens (including phenoxy) is 1. The van der Waals surface area contributed by atoms with Crippen LogP contribution in [0.25, 0.3) is 10.2 Å². The lowest BCUT2D eigenvalue weighted by Gasteiger charge is -2.01. The van der Waals surface area contributed by atoms with Crippen LogP contribution in [-0.2, 0) is 16.1 Å². The van der Waals surface area contributed by atoms with E-state index in [0.717, 1.165) is 11.1 Å². The van der Waals surface area contributed by atoms with E-state index in [1.807, 2.05) is 12.3 Å². The second-order valence-corrected chi connectivity index (χ2v) is 4.83. The Kier molecular flexibility index (Phi) is 4.11. The molecule has 0 aliphatic heterocycles. The van der Waals surface area contributed by atoms with Crippen molar-refractivity contribution in [3.63, 3.8) is 0 Å². The zero-order valence-corrected chi connectivity index (χ0v) is 11.6. The average molecular weight is 278 g/mol. The fourth-order valence-electron chi connectivity index (χ4n) is 1.64. The molecule has 5 nitrogen and oxygen atoms in total. The number of aromatic nitrogens is 2. The van der Waals surface area contributed by atoms with Gasteiger partial charge < -0.3 is 4.74 Å². The quantitative estimate of drug-likeness (QED) is 0.633. The Morgan fingerprint density at radius 2 is 2.37 bits per heavy atom. The van der Waals surface area contributed by atoms with Crippen LogP contribution in [0.2, 0.25) is 0 Å². The van der Waals surface area contributed by atoms with E-state index in [9.17, 15) is 9.59 Å². The second-order valence-electron chi connectivity index (χ2n) is 3.95. The molecule has 0 atom stereocenters. The third-order valence-corrected chi connectivity index (χ3v) is 3.64. The van der Waals surface area contributed by atoms with Gasteiger partial charge in [0.15, 0.2) is 0 Å². The van der Waals surface area contributed by atoms with Crippen molar-refractivity contribution in [3.05, 3.63) is 39.8 Å². The number of thiophene rings is 1. The number of fused-ring (bicyclic) bond motifs is 1. The SMILES string of the molecule is CCOC(=O)/C=C/Cn1cnc2c(C)csc2c1=O. The highest BCUT2D eigenvalue weighted by Crippen LogP contribution is 2.19. The minimum absolute atomic E-state index is 0.0865. The Morgan fingerprint density at radius 1 is 1.58 bits per heavy atom. The third kappa shape index (κ3) is 2.90. The molecular weight excluding hydrogens is 264 g/mol. The maximum absolute atomic E-state index is 12.1. The van der Waals surface area contributed by atoms with Crippen LogP contribution in [0.4, 0.5) is 0 Å². The summed E-state index contributed by atoms with van der Waals surface area (Å²) < 4.78 is 6.87. The summed E-state index contributed by atoms with van der Waals surface area (Å²) in [7, 11) is 0. The van der Waals surface area contributed by atoms with Gasteiger partial charge in [-0.1, -0.05) is 6.08 Å². The average Bonchev–Trinajstić information content (AvgIpc) is 2.75. The summed E-state index contributed by atoms with van der Waals surface area (Å²) in [6, 6.07) is 0. The van der Waals surface area contributed by atoms with Crippen molar-refractivity contribution >= 4 is 27.5 Å². The molecule has 0 spiro atoms. The van der Waals surface area contributed by atoms with Crippen LogP contribution in [0.3, 0.4) is 0 Å². The Balaban J connectivity index is 2.20. The van der Waals surface area contributed by atoms with Crippen LogP contribution < -0.4 is 5.56 Å². The summed E-state index contributed by atoms with van der Waals surface area (Å²) in [4.78, 5) is 27.5. The highest BCUT2D eigenvalue weighted by molar-refractivity contribution is 7.17. The van der Waals surface area contributed by atoms with Gasteiger partial charge in [-0.3, -0.25) is 9.36 Å². The third-order valence-electron chi connectivity index (χ3n) is 2.57. The summed E-state index contributed by atoms with van der Waals surface area (Å²) in [5.74, 6) is -0.406. The number of carbonyl (C=O) groups is 1. The maximum Gasteiger partial charge on any atom is 0.330 e. The second kappa shape index (κ2) is 5.79. The molecule has 2 aromatic rings. The molecule has 19 heavy (non-hydrogen) atoms. The molecule has 0 saturated carbocycles. The fraction of sp³-hybridized carbons (Fsp3) is 0.308. The van der Waals surface area contributed by atoms with Crippen molar-refractivity contribution in [3.8, 4) is 0 Å². The number of esters is 1. The van der Waals surface area contributed by atoms with Gasteiger partial charge in [0.1, 0.15) is 4.70 Å². The van der Waals surface area contributed by atoms with Gasteiger partial charge in [-0.15, -0.1) is 11.3 Å². The van der Waals surface area contributed by atoms with Gasteiger partial charge in [0.2, 0.25) is 0 Å². The van der Waals surface area contributed by atoms with Gasteiger partial charge in [-0.2, -0.15) is 0 Å². The predicted molar refractivity (Wildman–Crippen MR) is 74.4 cm³/mol. The van der Waals surface area contributed by atoms with E-state index < -0.39 is 5.97 Å². The van der Waals surface area contributed by atoms with E-state index >= 15 is 0 Å². The molecule has 2 rings (SSSR count). The first-order chi connectivity index (χ1) is 9.13. The van der Waals surface area contributed by atoms with Crippen LogP contribution in [-0.4, -0.2) is 22.1 Å². The molecule has 0 saturated heterocycles. The van der Waals surface area contributed by atoms with Crippen molar-refractivity contribution < 1.29 is 9.53 Å². The maximum atomic E-state index is 12.1. The lowest BCUT2D eigenvalue weighted by Crippen LogP contribution is -2.19. The van der Waals surface area contributed by atoms with Gasteiger partial charge in [0, 0.05) is 12.6 Å². The molecule has 100 valence electrons. The number of aryl methyl sites for hydroxylation is 1. The van der Waals surface area contributed by atoms with E-state index in [-0.39, 0.29) is 5.56 Å². The van der Waals surface area contributed by atoms with Gasteiger partial charge in [0.05, 0.1) is 18.5 Å². The van der Waals surface area contributed by atoms with E-state index in [0.29, 0.717) is 17.9 Å². The zero-order valence-electron chi connectivity index (χ0n) is 10.8. The Hall–Kier alpha value is -1.95. The molecule has 0 fully saturated rings. The lowest BCUT2D eigenvalue weighted by molar-refractivity contribution is -0.137. The lowest BCUT2D eigenvalue weighted by atomic mass is 10.3. The first kappa shape index (κ1) is 13.5. The van der Waals surface area contributed by atoms with Gasteiger partial charge in [0.25, 0.3) is 5.56 Å². The highest BCUT2D eigenvalue weighted by atomic mass is 32.1. The van der Waals surface area contributed by atoms with Gasteiger partial charge >= 0.3 is 5.97 Å². The summed E-state index contributed by atoms with van der Waals surface area (Å²) in [5.41, 5.74) is 1.67. The summed E-state index contributed by atoms with van der Waals surface area (Å²) in [6.45, 7) is 4.31. The van der Waals surface area contributed by atoms with E-state index in [4.69, 9.17) is 4.74 Å². The smallest absolute Gasteiger partial charge is 0.330 e. The van der Waals surface area contributed by atoms with Crippen LogP contribution in [0.5, 0.6) is 0 Å². The standard InChI is InChI=1S/C13H14N2O3S/c1-3-18-10(16)5-4-6-15-8-14-11-9(2)7-19-12(11)13(15)17/h4-5,7-8H,3,6H2,1-2H3/b5-4+. The van der Waals surface area contributed by atoms with Crippen molar-refractivity contribution in [1.82, 2.24) is 9.55 Å². The molecule has 0 amide bonds. The molecule has 0 bridgehead atoms. The van der Waals surface area contributed by atoms with E-state index in [1.165, 1.54) is 28.3 Å². The molecule has 0 aliphatic carbocycles. The molecule has 0 aromatic carbocycles.